The Kier molecular flexibility index (Phi) is 5.74. The number of hydrogen-bond donors (Lipinski definition) is 1. The molecular weight excluding hydrogens is 326 g/mol. The van der Waals surface area contributed by atoms with Gasteiger partial charge in [0.1, 0.15) is 11.5 Å². The van der Waals surface area contributed by atoms with Crippen LogP contribution in [0.2, 0.25) is 0 Å². The molecule has 0 heterocycles. The quantitative estimate of drug-likeness (QED) is 0.702. The van der Waals surface area contributed by atoms with Gasteiger partial charge in [0.05, 0.1) is 7.11 Å². The fourth-order valence-corrected chi connectivity index (χ4v) is 2.78. The highest BCUT2D eigenvalue weighted by molar-refractivity contribution is 5.85. The molecule has 3 rings (SSSR count). The number of hydrogen-bond acceptors (Lipinski definition) is 3. The molecule has 0 aliphatic heterocycles. The Morgan fingerprint density at radius 3 is 2.38 bits per heavy atom. The molecule has 0 bridgehead atoms. The lowest BCUT2D eigenvalue weighted by Crippen LogP contribution is -2.37. The van der Waals surface area contributed by atoms with E-state index in [1.807, 2.05) is 54.6 Å². The van der Waals surface area contributed by atoms with Gasteiger partial charge >= 0.3 is 0 Å². The van der Waals surface area contributed by atoms with Crippen molar-refractivity contribution in [2.45, 2.75) is 19.4 Å². The van der Waals surface area contributed by atoms with Gasteiger partial charge in [-0.05, 0) is 53.9 Å². The summed E-state index contributed by atoms with van der Waals surface area (Å²) in [4.78, 5) is 12.2. The number of carbonyl (C=O) groups is 1. The van der Waals surface area contributed by atoms with Crippen molar-refractivity contribution in [2.24, 2.45) is 0 Å². The Balaban J connectivity index is 1.57. The van der Waals surface area contributed by atoms with Crippen molar-refractivity contribution >= 4 is 16.7 Å². The summed E-state index contributed by atoms with van der Waals surface area (Å²) in [5.74, 6) is 1.34. The highest BCUT2D eigenvalue weighted by Gasteiger charge is 2.14. The lowest BCUT2D eigenvalue weighted by molar-refractivity contribution is -0.127. The Morgan fingerprint density at radius 1 is 0.962 bits per heavy atom. The fraction of sp³-hybridized carbons (Fsp3) is 0.227. The summed E-state index contributed by atoms with van der Waals surface area (Å²) in [5.41, 5.74) is 1.20. The van der Waals surface area contributed by atoms with Gasteiger partial charge in [-0.2, -0.15) is 0 Å². The first-order valence-electron chi connectivity index (χ1n) is 8.72. The second kappa shape index (κ2) is 8.39. The minimum atomic E-state index is -0.561. The van der Waals surface area contributed by atoms with Crippen LogP contribution < -0.4 is 14.8 Å². The Hall–Kier alpha value is -3.01. The van der Waals surface area contributed by atoms with Crippen LogP contribution in [0.25, 0.3) is 10.8 Å². The maximum absolute atomic E-state index is 12.2. The van der Waals surface area contributed by atoms with Gasteiger partial charge in [-0.3, -0.25) is 4.79 Å². The van der Waals surface area contributed by atoms with E-state index in [9.17, 15) is 4.79 Å². The van der Waals surface area contributed by atoms with Crippen molar-refractivity contribution in [3.05, 3.63) is 72.3 Å². The second-order valence-electron chi connectivity index (χ2n) is 6.16. The number of amides is 1. The number of methoxy groups -OCH3 is 1. The van der Waals surface area contributed by atoms with Gasteiger partial charge in [-0.15, -0.1) is 0 Å². The monoisotopic (exact) mass is 349 g/mol. The topological polar surface area (TPSA) is 47.6 Å². The maximum Gasteiger partial charge on any atom is 0.260 e. The average Bonchev–Trinajstić information content (AvgIpc) is 2.68. The minimum Gasteiger partial charge on any atom is -0.497 e. The van der Waals surface area contributed by atoms with Crippen LogP contribution in [0.1, 0.15) is 12.5 Å². The van der Waals surface area contributed by atoms with Crippen LogP contribution in [-0.2, 0) is 11.2 Å². The molecule has 0 aromatic heterocycles. The molecule has 3 aromatic carbocycles. The highest BCUT2D eigenvalue weighted by Crippen LogP contribution is 2.25. The third kappa shape index (κ3) is 4.54. The van der Waals surface area contributed by atoms with Crippen LogP contribution in [0.3, 0.4) is 0 Å². The number of rotatable bonds is 7. The van der Waals surface area contributed by atoms with E-state index in [1.165, 1.54) is 5.56 Å². The van der Waals surface area contributed by atoms with Crippen LogP contribution in [-0.4, -0.2) is 25.7 Å². The fourth-order valence-electron chi connectivity index (χ4n) is 2.78. The number of ether oxygens (including phenoxy) is 2. The molecule has 1 amide bonds. The van der Waals surface area contributed by atoms with Crippen molar-refractivity contribution in [3.8, 4) is 11.5 Å². The van der Waals surface area contributed by atoms with Crippen LogP contribution >= 0.6 is 0 Å². The molecule has 3 aromatic rings. The van der Waals surface area contributed by atoms with Crippen molar-refractivity contribution in [3.63, 3.8) is 0 Å². The first kappa shape index (κ1) is 17.8. The lowest BCUT2D eigenvalue weighted by Gasteiger charge is -2.15. The zero-order valence-corrected chi connectivity index (χ0v) is 15.1. The van der Waals surface area contributed by atoms with E-state index in [0.717, 1.165) is 22.9 Å². The third-order valence-corrected chi connectivity index (χ3v) is 4.26. The standard InChI is InChI=1S/C22H23NO3/c1-16(22(24)23-13-12-17-6-4-3-5-7-17)26-21-11-9-18-8-10-20(25-2)14-19(18)15-21/h3-11,14-16H,12-13H2,1-2H3,(H,23,24)/t16-/m0/s1. The van der Waals surface area contributed by atoms with Crippen molar-refractivity contribution in [2.75, 3.05) is 13.7 Å². The number of benzene rings is 3. The van der Waals surface area contributed by atoms with Gasteiger partial charge in [0.25, 0.3) is 5.91 Å². The van der Waals surface area contributed by atoms with Crippen molar-refractivity contribution < 1.29 is 14.3 Å². The summed E-state index contributed by atoms with van der Waals surface area (Å²) in [5, 5.41) is 5.03. The largest absolute Gasteiger partial charge is 0.497 e. The molecule has 0 saturated carbocycles. The van der Waals surface area contributed by atoms with E-state index in [2.05, 4.69) is 17.4 Å². The van der Waals surface area contributed by atoms with Crippen molar-refractivity contribution in [1.82, 2.24) is 5.32 Å². The molecule has 0 unspecified atom stereocenters. The highest BCUT2D eigenvalue weighted by atomic mass is 16.5. The Morgan fingerprint density at radius 2 is 1.65 bits per heavy atom. The number of carbonyl (C=O) groups excluding carboxylic acids is 1. The lowest BCUT2D eigenvalue weighted by atomic mass is 10.1. The summed E-state index contributed by atoms with van der Waals surface area (Å²) in [6.45, 7) is 2.35. The molecule has 0 fully saturated rings. The molecule has 0 spiro atoms. The molecule has 0 radical (unpaired) electrons. The molecule has 1 atom stereocenters. The van der Waals surface area contributed by atoms with E-state index >= 15 is 0 Å². The molecule has 134 valence electrons. The molecule has 4 nitrogen and oxygen atoms in total. The van der Waals surface area contributed by atoms with Crippen LogP contribution in [0.15, 0.2) is 66.7 Å². The van der Waals surface area contributed by atoms with E-state index in [4.69, 9.17) is 9.47 Å². The molecule has 0 aliphatic rings. The normalized spacial score (nSPS) is 11.8. The van der Waals surface area contributed by atoms with Gasteiger partial charge in [0.2, 0.25) is 0 Å². The third-order valence-electron chi connectivity index (χ3n) is 4.26. The molecular formula is C22H23NO3. The van der Waals surface area contributed by atoms with E-state index < -0.39 is 6.10 Å². The van der Waals surface area contributed by atoms with E-state index in [1.54, 1.807) is 14.0 Å². The van der Waals surface area contributed by atoms with Gasteiger partial charge < -0.3 is 14.8 Å². The molecule has 26 heavy (non-hydrogen) atoms. The predicted octanol–water partition coefficient (Wildman–Crippen LogP) is 3.97. The minimum absolute atomic E-state index is 0.119. The first-order valence-corrected chi connectivity index (χ1v) is 8.72. The maximum atomic E-state index is 12.2. The SMILES string of the molecule is COc1ccc2ccc(O[C@@H](C)C(=O)NCCc3ccccc3)cc2c1. The summed E-state index contributed by atoms with van der Waals surface area (Å²) in [7, 11) is 1.64. The number of fused-ring (bicyclic) bond motifs is 1. The van der Waals surface area contributed by atoms with Crippen LogP contribution in [0.5, 0.6) is 11.5 Å². The van der Waals surface area contributed by atoms with Gasteiger partial charge in [0.15, 0.2) is 6.10 Å². The Labute approximate surface area is 153 Å². The zero-order chi connectivity index (χ0) is 18.4. The summed E-state index contributed by atoms with van der Waals surface area (Å²) in [6, 6.07) is 21.7. The van der Waals surface area contributed by atoms with Crippen LogP contribution in [0, 0.1) is 0 Å². The van der Waals surface area contributed by atoms with E-state index in [-0.39, 0.29) is 5.91 Å². The zero-order valence-electron chi connectivity index (χ0n) is 15.1. The average molecular weight is 349 g/mol. The summed E-state index contributed by atoms with van der Waals surface area (Å²) >= 11 is 0. The molecule has 4 heteroatoms. The molecule has 0 saturated heterocycles. The van der Waals surface area contributed by atoms with Gasteiger partial charge in [-0.25, -0.2) is 0 Å². The molecule has 1 N–H and O–H groups in total. The molecule has 0 aliphatic carbocycles. The Bertz CT molecular complexity index is 877. The van der Waals surface area contributed by atoms with E-state index in [0.29, 0.717) is 12.3 Å². The number of nitrogens with one attached hydrogen (secondary N) is 1. The van der Waals surface area contributed by atoms with Crippen LogP contribution in [0.4, 0.5) is 0 Å². The summed E-state index contributed by atoms with van der Waals surface area (Å²) < 4.78 is 11.1. The van der Waals surface area contributed by atoms with Gasteiger partial charge in [-0.1, -0.05) is 42.5 Å². The van der Waals surface area contributed by atoms with Crippen molar-refractivity contribution in [1.29, 1.82) is 0 Å². The van der Waals surface area contributed by atoms with Gasteiger partial charge in [0, 0.05) is 6.54 Å². The predicted molar refractivity (Wildman–Crippen MR) is 104 cm³/mol. The smallest absolute Gasteiger partial charge is 0.260 e. The second-order valence-corrected chi connectivity index (χ2v) is 6.16. The first-order chi connectivity index (χ1) is 12.7. The summed E-state index contributed by atoms with van der Waals surface area (Å²) in [6.07, 6.45) is 0.239.